The van der Waals surface area contributed by atoms with Crippen molar-refractivity contribution in [2.45, 2.75) is 0 Å². The maximum Gasteiger partial charge on any atom is 0.341 e. The molecule has 1 aliphatic rings. The zero-order valence-electron chi connectivity index (χ0n) is 12.8. The Morgan fingerprint density at radius 3 is 2.67 bits per heavy atom. The first-order valence-electron chi connectivity index (χ1n) is 7.43. The predicted molar refractivity (Wildman–Crippen MR) is 88.6 cm³/mol. The average molecular weight is 350 g/mol. The van der Waals surface area contributed by atoms with E-state index >= 15 is 0 Å². The fourth-order valence-electron chi connectivity index (χ4n) is 2.38. The molecular formula is C16H16ClN3O4. The lowest BCUT2D eigenvalue weighted by atomic mass is 10.1. The number of ether oxygens (including phenoxy) is 2. The van der Waals surface area contributed by atoms with E-state index in [1.165, 1.54) is 0 Å². The minimum Gasteiger partial charge on any atom is -0.481 e. The highest BCUT2D eigenvalue weighted by molar-refractivity contribution is 6.31. The van der Waals surface area contributed by atoms with Crippen molar-refractivity contribution in [1.29, 1.82) is 0 Å². The lowest BCUT2D eigenvalue weighted by Gasteiger charge is -2.26. The summed E-state index contributed by atoms with van der Waals surface area (Å²) in [6.07, 6.45) is 3.36. The monoisotopic (exact) mass is 349 g/mol. The molecule has 8 heteroatoms. The van der Waals surface area contributed by atoms with Gasteiger partial charge in [0, 0.05) is 41.6 Å². The van der Waals surface area contributed by atoms with Crippen LogP contribution in [0.5, 0.6) is 5.75 Å². The zero-order valence-corrected chi connectivity index (χ0v) is 13.6. The van der Waals surface area contributed by atoms with Gasteiger partial charge in [-0.3, -0.25) is 0 Å². The van der Waals surface area contributed by atoms with Crippen LogP contribution in [0.25, 0.3) is 11.1 Å². The number of carboxylic acids is 1. The molecular weight excluding hydrogens is 334 g/mol. The van der Waals surface area contributed by atoms with E-state index in [-0.39, 0.29) is 0 Å². The fourth-order valence-corrected chi connectivity index (χ4v) is 2.55. The van der Waals surface area contributed by atoms with Crippen molar-refractivity contribution >= 4 is 23.5 Å². The zero-order chi connectivity index (χ0) is 16.9. The van der Waals surface area contributed by atoms with Crippen molar-refractivity contribution in [2.24, 2.45) is 0 Å². The molecule has 7 nitrogen and oxygen atoms in total. The molecule has 1 aliphatic heterocycles. The number of rotatable bonds is 5. The van der Waals surface area contributed by atoms with Gasteiger partial charge in [0.25, 0.3) is 0 Å². The van der Waals surface area contributed by atoms with E-state index in [1.54, 1.807) is 30.6 Å². The second-order valence-electron chi connectivity index (χ2n) is 5.19. The summed E-state index contributed by atoms with van der Waals surface area (Å²) in [5.41, 5.74) is 1.35. The minimum atomic E-state index is -1.05. The summed E-state index contributed by atoms with van der Waals surface area (Å²) in [5.74, 6) is 0.0106. The molecule has 0 unspecified atom stereocenters. The molecule has 0 amide bonds. The highest BCUT2D eigenvalue weighted by Crippen LogP contribution is 2.32. The van der Waals surface area contributed by atoms with Gasteiger partial charge < -0.3 is 19.5 Å². The number of aliphatic carboxylic acids is 1. The van der Waals surface area contributed by atoms with Gasteiger partial charge in [-0.15, -0.1) is 0 Å². The van der Waals surface area contributed by atoms with Crippen LogP contribution in [0.3, 0.4) is 0 Å². The Hall–Kier alpha value is -2.38. The molecule has 1 aromatic carbocycles. The van der Waals surface area contributed by atoms with Crippen LogP contribution in [0.4, 0.5) is 5.95 Å². The summed E-state index contributed by atoms with van der Waals surface area (Å²) >= 11 is 6.05. The summed E-state index contributed by atoms with van der Waals surface area (Å²) < 4.78 is 10.6. The fraction of sp³-hybridized carbons (Fsp3) is 0.312. The van der Waals surface area contributed by atoms with Gasteiger partial charge in [0.05, 0.1) is 13.2 Å². The smallest absolute Gasteiger partial charge is 0.341 e. The predicted octanol–water partition coefficient (Wildman–Crippen LogP) is 2.10. The number of carbonyl (C=O) groups is 1. The molecule has 2 heterocycles. The summed E-state index contributed by atoms with van der Waals surface area (Å²) in [6.45, 7) is 2.40. The standard InChI is InChI=1S/C16H16ClN3O4/c17-12-1-2-14(24-10-15(21)22)13(7-12)11-8-18-16(19-9-11)20-3-5-23-6-4-20/h1-2,7-9H,3-6,10H2,(H,21,22). The normalized spacial score (nSPS) is 14.5. The maximum atomic E-state index is 10.7. The third-order valence-electron chi connectivity index (χ3n) is 3.54. The number of anilines is 1. The van der Waals surface area contributed by atoms with E-state index in [9.17, 15) is 4.79 Å². The number of halogens is 1. The molecule has 1 fully saturated rings. The van der Waals surface area contributed by atoms with Crippen LogP contribution < -0.4 is 9.64 Å². The number of aromatic nitrogens is 2. The van der Waals surface area contributed by atoms with E-state index in [1.807, 2.05) is 4.90 Å². The van der Waals surface area contributed by atoms with Crippen LogP contribution in [0.1, 0.15) is 0 Å². The van der Waals surface area contributed by atoms with E-state index in [2.05, 4.69) is 9.97 Å². The summed E-state index contributed by atoms with van der Waals surface area (Å²) in [5, 5.41) is 9.30. The number of hydrogen-bond donors (Lipinski definition) is 1. The lowest BCUT2D eigenvalue weighted by Crippen LogP contribution is -2.37. The van der Waals surface area contributed by atoms with Gasteiger partial charge in [-0.2, -0.15) is 0 Å². The van der Waals surface area contributed by atoms with E-state index in [0.29, 0.717) is 41.1 Å². The Labute approximate surface area is 143 Å². The van der Waals surface area contributed by atoms with Crippen molar-refractivity contribution in [2.75, 3.05) is 37.8 Å². The van der Waals surface area contributed by atoms with Gasteiger partial charge in [0.15, 0.2) is 6.61 Å². The Morgan fingerprint density at radius 1 is 1.29 bits per heavy atom. The number of morpholine rings is 1. The first kappa shape index (κ1) is 16.5. The van der Waals surface area contributed by atoms with E-state index < -0.39 is 12.6 Å². The van der Waals surface area contributed by atoms with Crippen molar-refractivity contribution in [3.63, 3.8) is 0 Å². The number of nitrogens with zero attached hydrogens (tertiary/aromatic N) is 3. The van der Waals surface area contributed by atoms with Crippen LogP contribution in [0.2, 0.25) is 5.02 Å². The van der Waals surface area contributed by atoms with Gasteiger partial charge >= 0.3 is 5.97 Å². The highest BCUT2D eigenvalue weighted by Gasteiger charge is 2.15. The molecule has 0 atom stereocenters. The van der Waals surface area contributed by atoms with Gasteiger partial charge in [-0.05, 0) is 18.2 Å². The summed E-state index contributed by atoms with van der Waals surface area (Å²) in [7, 11) is 0. The summed E-state index contributed by atoms with van der Waals surface area (Å²) in [6, 6.07) is 4.98. The van der Waals surface area contributed by atoms with Crippen LogP contribution in [0.15, 0.2) is 30.6 Å². The minimum absolute atomic E-state index is 0.421. The SMILES string of the molecule is O=C(O)COc1ccc(Cl)cc1-c1cnc(N2CCOCC2)nc1. The van der Waals surface area contributed by atoms with Crippen molar-refractivity contribution in [3.8, 4) is 16.9 Å². The first-order chi connectivity index (χ1) is 11.6. The van der Waals surface area contributed by atoms with Crippen molar-refractivity contribution in [1.82, 2.24) is 9.97 Å². The Bertz CT molecular complexity index is 718. The molecule has 1 aromatic heterocycles. The van der Waals surface area contributed by atoms with E-state index in [0.717, 1.165) is 13.1 Å². The quantitative estimate of drug-likeness (QED) is 0.884. The van der Waals surface area contributed by atoms with Crippen LogP contribution >= 0.6 is 11.6 Å². The topological polar surface area (TPSA) is 84.8 Å². The van der Waals surface area contributed by atoms with Crippen molar-refractivity contribution in [3.05, 3.63) is 35.6 Å². The molecule has 0 spiro atoms. The number of carboxylic acid groups (broad SMARTS) is 1. The Balaban J connectivity index is 1.84. The maximum absolute atomic E-state index is 10.7. The average Bonchev–Trinajstić information content (AvgIpc) is 2.61. The van der Waals surface area contributed by atoms with Crippen LogP contribution in [-0.4, -0.2) is 54.0 Å². The molecule has 126 valence electrons. The molecule has 0 radical (unpaired) electrons. The van der Waals surface area contributed by atoms with E-state index in [4.69, 9.17) is 26.2 Å². The molecule has 1 N–H and O–H groups in total. The molecule has 3 rings (SSSR count). The number of hydrogen-bond acceptors (Lipinski definition) is 6. The van der Waals surface area contributed by atoms with Gasteiger partial charge in [-0.1, -0.05) is 11.6 Å². The molecule has 0 saturated carbocycles. The van der Waals surface area contributed by atoms with Crippen molar-refractivity contribution < 1.29 is 19.4 Å². The molecule has 24 heavy (non-hydrogen) atoms. The number of benzene rings is 1. The van der Waals surface area contributed by atoms with Crippen LogP contribution in [0, 0.1) is 0 Å². The Kier molecular flexibility index (Phi) is 5.12. The Morgan fingerprint density at radius 2 is 2.00 bits per heavy atom. The molecule has 1 saturated heterocycles. The van der Waals surface area contributed by atoms with Gasteiger partial charge in [-0.25, -0.2) is 14.8 Å². The van der Waals surface area contributed by atoms with Gasteiger partial charge in [0.1, 0.15) is 5.75 Å². The lowest BCUT2D eigenvalue weighted by molar-refractivity contribution is -0.139. The van der Waals surface area contributed by atoms with Gasteiger partial charge in [0.2, 0.25) is 5.95 Å². The highest BCUT2D eigenvalue weighted by atomic mass is 35.5. The molecule has 0 aliphatic carbocycles. The third-order valence-corrected chi connectivity index (χ3v) is 3.77. The third kappa shape index (κ3) is 3.93. The molecule has 0 bridgehead atoms. The van der Waals surface area contributed by atoms with Crippen LogP contribution in [-0.2, 0) is 9.53 Å². The first-order valence-corrected chi connectivity index (χ1v) is 7.80. The largest absolute Gasteiger partial charge is 0.481 e. The molecule has 2 aromatic rings. The second kappa shape index (κ2) is 7.46. The second-order valence-corrected chi connectivity index (χ2v) is 5.63. The summed E-state index contributed by atoms with van der Waals surface area (Å²) in [4.78, 5) is 21.5.